The molecule has 0 aromatic heterocycles. The summed E-state index contributed by atoms with van der Waals surface area (Å²) in [6.45, 7) is 1.93. The van der Waals surface area contributed by atoms with Crippen LogP contribution < -0.4 is 5.32 Å². The topological polar surface area (TPSA) is 52.5 Å². The zero-order valence-electron chi connectivity index (χ0n) is 11.7. The Balaban J connectivity index is 1.77. The molecule has 1 aromatic rings. The maximum Gasteiger partial charge on any atom is 0.0972 e. The molecule has 1 aliphatic carbocycles. The lowest BCUT2D eigenvalue weighted by Gasteiger charge is -2.31. The van der Waals surface area contributed by atoms with E-state index >= 15 is 0 Å². The lowest BCUT2D eigenvalue weighted by atomic mass is 9.81. The van der Waals surface area contributed by atoms with Gasteiger partial charge in [-0.3, -0.25) is 0 Å². The molecule has 3 heteroatoms. The van der Waals surface area contributed by atoms with Crippen molar-refractivity contribution in [2.45, 2.75) is 50.2 Å². The highest BCUT2D eigenvalue weighted by molar-refractivity contribution is 5.20. The number of benzene rings is 1. The minimum absolute atomic E-state index is 0.195. The van der Waals surface area contributed by atoms with Crippen LogP contribution in [-0.2, 0) is 0 Å². The van der Waals surface area contributed by atoms with E-state index in [0.717, 1.165) is 12.8 Å². The smallest absolute Gasteiger partial charge is 0.0972 e. The molecule has 1 unspecified atom stereocenters. The van der Waals surface area contributed by atoms with Gasteiger partial charge in [-0.25, -0.2) is 0 Å². The van der Waals surface area contributed by atoms with Gasteiger partial charge in [-0.1, -0.05) is 30.3 Å². The van der Waals surface area contributed by atoms with Gasteiger partial charge < -0.3 is 15.5 Å². The fraction of sp³-hybridized carbons (Fsp3) is 0.625. The molecule has 0 bridgehead atoms. The van der Waals surface area contributed by atoms with Crippen molar-refractivity contribution in [1.82, 2.24) is 5.32 Å². The van der Waals surface area contributed by atoms with Gasteiger partial charge in [-0.2, -0.15) is 0 Å². The minimum atomic E-state index is -1.00. The van der Waals surface area contributed by atoms with Crippen LogP contribution >= 0.6 is 0 Å². The Bertz CT molecular complexity index is 370. The molecule has 106 valence electrons. The SMILES string of the molecule is CC(O)(CO)CNC1CCC(c2ccccc2)CC1. The van der Waals surface area contributed by atoms with Crippen molar-refractivity contribution in [3.8, 4) is 0 Å². The predicted octanol–water partition coefficient (Wildman–Crippen LogP) is 2.05. The summed E-state index contributed by atoms with van der Waals surface area (Å²) >= 11 is 0. The fourth-order valence-electron chi connectivity index (χ4n) is 2.78. The highest BCUT2D eigenvalue weighted by Gasteiger charge is 2.25. The first kappa shape index (κ1) is 14.5. The van der Waals surface area contributed by atoms with Crippen LogP contribution in [0.2, 0.25) is 0 Å². The lowest BCUT2D eigenvalue weighted by Crippen LogP contribution is -2.45. The van der Waals surface area contributed by atoms with Crippen LogP contribution in [0.25, 0.3) is 0 Å². The number of hydrogen-bond donors (Lipinski definition) is 3. The van der Waals surface area contributed by atoms with E-state index in [1.165, 1.54) is 18.4 Å². The largest absolute Gasteiger partial charge is 0.393 e. The van der Waals surface area contributed by atoms with E-state index in [1.54, 1.807) is 6.92 Å². The first-order chi connectivity index (χ1) is 9.11. The summed E-state index contributed by atoms with van der Waals surface area (Å²) in [5.41, 5.74) is 0.444. The first-order valence-electron chi connectivity index (χ1n) is 7.22. The predicted molar refractivity (Wildman–Crippen MR) is 77.2 cm³/mol. The highest BCUT2D eigenvalue weighted by atomic mass is 16.3. The van der Waals surface area contributed by atoms with Crippen LogP contribution in [0.3, 0.4) is 0 Å². The fourth-order valence-corrected chi connectivity index (χ4v) is 2.78. The van der Waals surface area contributed by atoms with Gasteiger partial charge in [0.05, 0.1) is 12.2 Å². The molecular weight excluding hydrogens is 238 g/mol. The molecule has 1 atom stereocenters. The van der Waals surface area contributed by atoms with Gasteiger partial charge in [0.1, 0.15) is 0 Å². The third kappa shape index (κ3) is 4.30. The van der Waals surface area contributed by atoms with Crippen molar-refractivity contribution < 1.29 is 10.2 Å². The molecule has 2 rings (SSSR count). The van der Waals surface area contributed by atoms with Crippen LogP contribution in [0.1, 0.15) is 44.1 Å². The minimum Gasteiger partial charge on any atom is -0.393 e. The van der Waals surface area contributed by atoms with Gasteiger partial charge in [-0.05, 0) is 44.1 Å². The maximum absolute atomic E-state index is 9.77. The summed E-state index contributed by atoms with van der Waals surface area (Å²) < 4.78 is 0. The Hall–Kier alpha value is -0.900. The second kappa shape index (κ2) is 6.51. The average Bonchev–Trinajstić information content (AvgIpc) is 2.47. The van der Waals surface area contributed by atoms with E-state index in [4.69, 9.17) is 5.11 Å². The molecule has 1 aromatic carbocycles. The number of nitrogens with one attached hydrogen (secondary N) is 1. The van der Waals surface area contributed by atoms with Gasteiger partial charge >= 0.3 is 0 Å². The van der Waals surface area contributed by atoms with Gasteiger partial charge in [0.25, 0.3) is 0 Å². The first-order valence-corrected chi connectivity index (χ1v) is 7.22. The van der Waals surface area contributed by atoms with Crippen molar-refractivity contribution in [2.75, 3.05) is 13.2 Å². The van der Waals surface area contributed by atoms with E-state index in [1.807, 2.05) is 0 Å². The van der Waals surface area contributed by atoms with Crippen LogP contribution in [0.5, 0.6) is 0 Å². The monoisotopic (exact) mass is 263 g/mol. The van der Waals surface area contributed by atoms with Crippen molar-refractivity contribution in [2.24, 2.45) is 0 Å². The third-order valence-electron chi connectivity index (χ3n) is 4.11. The Kier molecular flexibility index (Phi) is 4.97. The third-order valence-corrected chi connectivity index (χ3v) is 4.11. The van der Waals surface area contributed by atoms with Gasteiger partial charge in [0, 0.05) is 12.6 Å². The van der Waals surface area contributed by atoms with Crippen LogP contribution in [0, 0.1) is 0 Å². The van der Waals surface area contributed by atoms with Crippen LogP contribution in [0.15, 0.2) is 30.3 Å². The molecule has 3 N–H and O–H groups in total. The summed E-state index contributed by atoms with van der Waals surface area (Å²) in [6.07, 6.45) is 4.67. The summed E-state index contributed by atoms with van der Waals surface area (Å²) in [7, 11) is 0. The second-order valence-corrected chi connectivity index (χ2v) is 6.00. The Morgan fingerprint density at radius 3 is 2.37 bits per heavy atom. The molecule has 0 aliphatic heterocycles. The van der Waals surface area contributed by atoms with Gasteiger partial charge in [0.2, 0.25) is 0 Å². The zero-order chi connectivity index (χ0) is 13.7. The Morgan fingerprint density at radius 2 is 1.79 bits per heavy atom. The van der Waals surface area contributed by atoms with Crippen LogP contribution in [-0.4, -0.2) is 35.0 Å². The van der Waals surface area contributed by atoms with E-state index < -0.39 is 5.60 Å². The van der Waals surface area contributed by atoms with E-state index in [0.29, 0.717) is 18.5 Å². The standard InChI is InChI=1S/C16H25NO2/c1-16(19,12-18)11-17-15-9-7-14(8-10-15)13-5-3-2-4-6-13/h2-6,14-15,17-19H,7-12H2,1H3. The maximum atomic E-state index is 9.77. The molecule has 1 fully saturated rings. The van der Waals surface area contributed by atoms with Crippen molar-refractivity contribution in [3.63, 3.8) is 0 Å². The number of aliphatic hydroxyl groups excluding tert-OH is 1. The summed E-state index contributed by atoms with van der Waals surface area (Å²) in [5, 5.41) is 22.2. The molecule has 1 aliphatic rings. The number of aliphatic hydroxyl groups is 2. The summed E-state index contributed by atoms with van der Waals surface area (Å²) in [6, 6.07) is 11.2. The molecule has 19 heavy (non-hydrogen) atoms. The molecule has 0 radical (unpaired) electrons. The molecule has 1 saturated carbocycles. The normalized spacial score (nSPS) is 26.9. The number of hydrogen-bond acceptors (Lipinski definition) is 3. The zero-order valence-corrected chi connectivity index (χ0v) is 11.7. The molecule has 0 amide bonds. The molecule has 0 spiro atoms. The van der Waals surface area contributed by atoms with Gasteiger partial charge in [-0.15, -0.1) is 0 Å². The van der Waals surface area contributed by atoms with Gasteiger partial charge in [0.15, 0.2) is 0 Å². The molecule has 3 nitrogen and oxygen atoms in total. The summed E-state index contributed by atoms with van der Waals surface area (Å²) in [5.74, 6) is 0.678. The van der Waals surface area contributed by atoms with Crippen molar-refractivity contribution in [3.05, 3.63) is 35.9 Å². The molecular formula is C16H25NO2. The Labute approximate surface area is 115 Å². The van der Waals surface area contributed by atoms with Crippen LogP contribution in [0.4, 0.5) is 0 Å². The Morgan fingerprint density at radius 1 is 1.16 bits per heavy atom. The lowest BCUT2D eigenvalue weighted by molar-refractivity contribution is -0.000221. The molecule has 0 saturated heterocycles. The van der Waals surface area contributed by atoms with Crippen molar-refractivity contribution >= 4 is 0 Å². The van der Waals surface area contributed by atoms with Crippen molar-refractivity contribution in [1.29, 1.82) is 0 Å². The quantitative estimate of drug-likeness (QED) is 0.762. The summed E-state index contributed by atoms with van der Waals surface area (Å²) in [4.78, 5) is 0. The second-order valence-electron chi connectivity index (χ2n) is 6.00. The average molecular weight is 263 g/mol. The van der Waals surface area contributed by atoms with E-state index in [2.05, 4.69) is 35.6 Å². The van der Waals surface area contributed by atoms with E-state index in [-0.39, 0.29) is 6.61 Å². The number of rotatable bonds is 5. The highest BCUT2D eigenvalue weighted by Crippen LogP contribution is 2.32. The molecule has 0 heterocycles. The van der Waals surface area contributed by atoms with E-state index in [9.17, 15) is 5.11 Å².